The Labute approximate surface area is 103 Å². The maximum atomic E-state index is 3.47. The summed E-state index contributed by atoms with van der Waals surface area (Å²) in [6.07, 6.45) is 12.5. The first-order valence-electron chi connectivity index (χ1n) is 7.38. The summed E-state index contributed by atoms with van der Waals surface area (Å²) < 4.78 is 0. The van der Waals surface area contributed by atoms with Gasteiger partial charge in [0.2, 0.25) is 0 Å². The molecule has 1 heteroatoms. The van der Waals surface area contributed by atoms with Crippen molar-refractivity contribution in [1.29, 1.82) is 0 Å². The average Bonchev–Trinajstić information content (AvgIpc) is 2.26. The van der Waals surface area contributed by atoms with Crippen LogP contribution in [-0.2, 0) is 0 Å². The Morgan fingerprint density at radius 2 is 1.44 bits per heavy atom. The van der Waals surface area contributed by atoms with Crippen molar-refractivity contribution in [3.8, 4) is 0 Å². The van der Waals surface area contributed by atoms with E-state index >= 15 is 0 Å². The first kappa shape index (κ1) is 16.0. The number of nitrogens with one attached hydrogen (secondary N) is 1. The molecule has 1 N–H and O–H groups in total. The molecule has 0 aromatic rings. The van der Waals surface area contributed by atoms with Gasteiger partial charge in [0.15, 0.2) is 0 Å². The van der Waals surface area contributed by atoms with E-state index in [9.17, 15) is 0 Å². The molecule has 1 nitrogen and oxygen atoms in total. The summed E-state index contributed by atoms with van der Waals surface area (Å²) in [5, 5.41) is 3.47. The number of hydrogen-bond donors (Lipinski definition) is 1. The quantitative estimate of drug-likeness (QED) is 0.502. The molecule has 0 saturated heterocycles. The van der Waals surface area contributed by atoms with E-state index in [0.29, 0.717) is 0 Å². The van der Waals surface area contributed by atoms with E-state index in [1.54, 1.807) is 0 Å². The Kier molecular flexibility index (Phi) is 11.4. The molecule has 0 aliphatic rings. The Morgan fingerprint density at radius 3 is 2.00 bits per heavy atom. The standard InChI is InChI=1S/C15H33N/c1-5-6-7-8-9-12-15(16-4)13-10-11-14(2)3/h14-16H,5-13H2,1-4H3. The molecule has 0 heterocycles. The zero-order valence-electron chi connectivity index (χ0n) is 12.0. The van der Waals surface area contributed by atoms with Crippen molar-refractivity contribution in [3.63, 3.8) is 0 Å². The summed E-state index contributed by atoms with van der Waals surface area (Å²) in [6.45, 7) is 6.92. The van der Waals surface area contributed by atoms with Crippen LogP contribution in [0.5, 0.6) is 0 Å². The first-order valence-corrected chi connectivity index (χ1v) is 7.38. The van der Waals surface area contributed by atoms with Crippen molar-refractivity contribution < 1.29 is 0 Å². The predicted octanol–water partition coefficient (Wildman–Crippen LogP) is 4.76. The summed E-state index contributed by atoms with van der Waals surface area (Å²) in [5.41, 5.74) is 0. The van der Waals surface area contributed by atoms with Gasteiger partial charge in [-0.1, -0.05) is 65.7 Å². The third kappa shape index (κ3) is 10.5. The van der Waals surface area contributed by atoms with Gasteiger partial charge in [-0.3, -0.25) is 0 Å². The largest absolute Gasteiger partial charge is 0.317 e. The highest BCUT2D eigenvalue weighted by molar-refractivity contribution is 4.65. The monoisotopic (exact) mass is 227 g/mol. The van der Waals surface area contributed by atoms with Gasteiger partial charge in [0.1, 0.15) is 0 Å². The van der Waals surface area contributed by atoms with Crippen LogP contribution in [0.1, 0.15) is 78.6 Å². The molecule has 98 valence electrons. The van der Waals surface area contributed by atoms with E-state index in [0.717, 1.165) is 12.0 Å². The lowest BCUT2D eigenvalue weighted by molar-refractivity contribution is 0.424. The molecular formula is C15H33N. The molecule has 0 amide bonds. The molecule has 0 radical (unpaired) electrons. The second-order valence-electron chi connectivity index (χ2n) is 5.51. The van der Waals surface area contributed by atoms with Crippen LogP contribution >= 0.6 is 0 Å². The third-order valence-corrected chi connectivity index (χ3v) is 3.40. The number of rotatable bonds is 11. The van der Waals surface area contributed by atoms with Crippen LogP contribution in [0.25, 0.3) is 0 Å². The molecule has 0 fully saturated rings. The van der Waals surface area contributed by atoms with E-state index in [1.165, 1.54) is 57.8 Å². The topological polar surface area (TPSA) is 12.0 Å². The Morgan fingerprint density at radius 1 is 0.812 bits per heavy atom. The second kappa shape index (κ2) is 11.4. The van der Waals surface area contributed by atoms with Gasteiger partial charge in [-0.15, -0.1) is 0 Å². The van der Waals surface area contributed by atoms with Gasteiger partial charge in [0.05, 0.1) is 0 Å². The molecule has 0 saturated carbocycles. The third-order valence-electron chi connectivity index (χ3n) is 3.40. The zero-order chi connectivity index (χ0) is 12.2. The molecule has 0 rings (SSSR count). The Hall–Kier alpha value is -0.0400. The molecule has 0 bridgehead atoms. The van der Waals surface area contributed by atoms with Crippen LogP contribution < -0.4 is 5.32 Å². The minimum absolute atomic E-state index is 0.764. The van der Waals surface area contributed by atoms with Crippen LogP contribution in [0, 0.1) is 5.92 Å². The first-order chi connectivity index (χ1) is 7.70. The van der Waals surface area contributed by atoms with Crippen LogP contribution in [0.3, 0.4) is 0 Å². The van der Waals surface area contributed by atoms with E-state index in [4.69, 9.17) is 0 Å². The van der Waals surface area contributed by atoms with Crippen LogP contribution in [0.2, 0.25) is 0 Å². The highest BCUT2D eigenvalue weighted by Crippen LogP contribution is 2.13. The predicted molar refractivity (Wildman–Crippen MR) is 74.9 cm³/mol. The molecule has 1 atom stereocenters. The molecule has 0 aromatic heterocycles. The number of hydrogen-bond acceptors (Lipinski definition) is 1. The van der Waals surface area contributed by atoms with Gasteiger partial charge >= 0.3 is 0 Å². The average molecular weight is 227 g/mol. The Balaban J connectivity index is 3.36. The van der Waals surface area contributed by atoms with Crippen LogP contribution in [0.15, 0.2) is 0 Å². The van der Waals surface area contributed by atoms with Crippen molar-refractivity contribution in [3.05, 3.63) is 0 Å². The fourth-order valence-electron chi connectivity index (χ4n) is 2.20. The maximum Gasteiger partial charge on any atom is 0.00640 e. The van der Waals surface area contributed by atoms with Gasteiger partial charge in [0, 0.05) is 6.04 Å². The normalized spacial score (nSPS) is 13.3. The van der Waals surface area contributed by atoms with E-state index in [1.807, 2.05) is 0 Å². The van der Waals surface area contributed by atoms with Crippen molar-refractivity contribution in [2.75, 3.05) is 7.05 Å². The van der Waals surface area contributed by atoms with Crippen molar-refractivity contribution in [2.45, 2.75) is 84.6 Å². The van der Waals surface area contributed by atoms with Gasteiger partial charge in [-0.05, 0) is 25.8 Å². The van der Waals surface area contributed by atoms with E-state index < -0.39 is 0 Å². The lowest BCUT2D eigenvalue weighted by Gasteiger charge is -2.16. The second-order valence-corrected chi connectivity index (χ2v) is 5.51. The van der Waals surface area contributed by atoms with Gasteiger partial charge < -0.3 is 5.32 Å². The highest BCUT2D eigenvalue weighted by Gasteiger charge is 2.05. The summed E-state index contributed by atoms with van der Waals surface area (Å²) in [6, 6.07) is 0.764. The van der Waals surface area contributed by atoms with Gasteiger partial charge in [0.25, 0.3) is 0 Å². The molecule has 0 aliphatic carbocycles. The molecule has 0 aromatic carbocycles. The van der Waals surface area contributed by atoms with Gasteiger partial charge in [-0.25, -0.2) is 0 Å². The minimum Gasteiger partial charge on any atom is -0.317 e. The molecule has 0 spiro atoms. The fraction of sp³-hybridized carbons (Fsp3) is 1.00. The minimum atomic E-state index is 0.764. The molecule has 0 aliphatic heterocycles. The lowest BCUT2D eigenvalue weighted by Crippen LogP contribution is -2.25. The van der Waals surface area contributed by atoms with Crippen LogP contribution in [-0.4, -0.2) is 13.1 Å². The number of unbranched alkanes of at least 4 members (excludes halogenated alkanes) is 4. The van der Waals surface area contributed by atoms with Crippen molar-refractivity contribution in [1.82, 2.24) is 5.32 Å². The van der Waals surface area contributed by atoms with Crippen molar-refractivity contribution in [2.24, 2.45) is 5.92 Å². The van der Waals surface area contributed by atoms with E-state index in [-0.39, 0.29) is 0 Å². The maximum absolute atomic E-state index is 3.47. The SMILES string of the molecule is CCCCCCCC(CCCC(C)C)NC. The summed E-state index contributed by atoms with van der Waals surface area (Å²) in [7, 11) is 2.12. The van der Waals surface area contributed by atoms with Crippen molar-refractivity contribution >= 4 is 0 Å². The summed E-state index contributed by atoms with van der Waals surface area (Å²) >= 11 is 0. The van der Waals surface area contributed by atoms with Gasteiger partial charge in [-0.2, -0.15) is 0 Å². The smallest absolute Gasteiger partial charge is 0.00640 e. The van der Waals surface area contributed by atoms with E-state index in [2.05, 4.69) is 33.1 Å². The molecule has 1 unspecified atom stereocenters. The molecule has 16 heavy (non-hydrogen) atoms. The molecular weight excluding hydrogens is 194 g/mol. The lowest BCUT2D eigenvalue weighted by atomic mass is 9.99. The summed E-state index contributed by atoms with van der Waals surface area (Å²) in [5.74, 6) is 0.863. The fourth-order valence-corrected chi connectivity index (χ4v) is 2.20. The Bertz CT molecular complexity index is 131. The summed E-state index contributed by atoms with van der Waals surface area (Å²) in [4.78, 5) is 0. The highest BCUT2D eigenvalue weighted by atomic mass is 14.9. The van der Waals surface area contributed by atoms with Crippen LogP contribution in [0.4, 0.5) is 0 Å². The zero-order valence-corrected chi connectivity index (χ0v) is 12.0.